The number of anilines is 1. The van der Waals surface area contributed by atoms with Gasteiger partial charge in [0.05, 0.1) is 17.8 Å². The number of aryl methyl sites for hydroxylation is 2. The van der Waals surface area contributed by atoms with Crippen LogP contribution in [0.15, 0.2) is 47.8 Å². The Morgan fingerprint density at radius 1 is 1.09 bits per heavy atom. The average molecular weight is 465 g/mol. The van der Waals surface area contributed by atoms with E-state index in [9.17, 15) is 4.79 Å². The fraction of sp³-hybridized carbons (Fsp3) is 0.240. The Morgan fingerprint density at radius 3 is 2.66 bits per heavy atom. The van der Waals surface area contributed by atoms with Gasteiger partial charge in [-0.3, -0.25) is 4.79 Å². The van der Waals surface area contributed by atoms with Gasteiger partial charge in [0.1, 0.15) is 0 Å². The maximum Gasteiger partial charge on any atom is 0.230 e. The zero-order chi connectivity index (χ0) is 22.8. The molecule has 1 amide bonds. The number of rotatable bonds is 6. The lowest BCUT2D eigenvalue weighted by atomic mass is 10.0. The van der Waals surface area contributed by atoms with E-state index < -0.39 is 0 Å². The second-order valence-electron chi connectivity index (χ2n) is 7.92. The fourth-order valence-electron chi connectivity index (χ4n) is 3.67. The Morgan fingerprint density at radius 2 is 1.88 bits per heavy atom. The minimum Gasteiger partial charge on any atom is -0.325 e. The molecule has 4 aromatic rings. The number of halogens is 1. The highest BCUT2D eigenvalue weighted by Crippen LogP contribution is 2.26. The number of nitrogens with zero attached hydrogens (tertiary/aromatic N) is 3. The SMILES string of the molecule is Cc1cccc(NC(=O)Cc2csc(-n3nc(C)c(Cc4ccccc4Cl)c3C)n2)c1C. The molecule has 0 atom stereocenters. The summed E-state index contributed by atoms with van der Waals surface area (Å²) < 4.78 is 1.86. The highest BCUT2D eigenvalue weighted by Gasteiger charge is 2.17. The minimum absolute atomic E-state index is 0.0803. The predicted molar refractivity (Wildman–Crippen MR) is 131 cm³/mol. The second-order valence-corrected chi connectivity index (χ2v) is 9.17. The summed E-state index contributed by atoms with van der Waals surface area (Å²) in [5.74, 6) is -0.0803. The molecule has 0 radical (unpaired) electrons. The number of aromatic nitrogens is 3. The molecule has 0 bridgehead atoms. The molecule has 0 fully saturated rings. The molecule has 0 aliphatic heterocycles. The molecule has 32 heavy (non-hydrogen) atoms. The maximum atomic E-state index is 12.6. The summed E-state index contributed by atoms with van der Waals surface area (Å²) >= 11 is 7.84. The monoisotopic (exact) mass is 464 g/mol. The molecular formula is C25H25ClN4OS. The van der Waals surface area contributed by atoms with Gasteiger partial charge in [0.25, 0.3) is 0 Å². The van der Waals surface area contributed by atoms with Crippen molar-refractivity contribution in [1.29, 1.82) is 0 Å². The van der Waals surface area contributed by atoms with Gasteiger partial charge in [-0.05, 0) is 56.5 Å². The first-order chi connectivity index (χ1) is 15.3. The molecule has 2 aromatic heterocycles. The van der Waals surface area contributed by atoms with Crippen molar-refractivity contribution in [2.24, 2.45) is 0 Å². The largest absolute Gasteiger partial charge is 0.325 e. The molecule has 1 N–H and O–H groups in total. The Hall–Kier alpha value is -2.96. The van der Waals surface area contributed by atoms with E-state index in [0.717, 1.165) is 55.2 Å². The number of hydrogen-bond donors (Lipinski definition) is 1. The molecule has 4 rings (SSSR count). The van der Waals surface area contributed by atoms with Crippen LogP contribution in [0.2, 0.25) is 5.02 Å². The number of amides is 1. The number of carbonyl (C=O) groups excluding carboxylic acids is 1. The number of carbonyl (C=O) groups is 1. The van der Waals surface area contributed by atoms with Gasteiger partial charge in [0.2, 0.25) is 11.0 Å². The van der Waals surface area contributed by atoms with E-state index in [-0.39, 0.29) is 12.3 Å². The Kier molecular flexibility index (Phi) is 6.44. The third-order valence-corrected chi connectivity index (χ3v) is 6.94. The molecular weight excluding hydrogens is 440 g/mol. The summed E-state index contributed by atoms with van der Waals surface area (Å²) in [4.78, 5) is 17.2. The highest BCUT2D eigenvalue weighted by molar-refractivity contribution is 7.12. The van der Waals surface area contributed by atoms with Crippen molar-refractivity contribution >= 4 is 34.5 Å². The average Bonchev–Trinajstić information content (AvgIpc) is 3.32. The van der Waals surface area contributed by atoms with Crippen LogP contribution in [0.5, 0.6) is 0 Å². The quantitative estimate of drug-likeness (QED) is 0.381. The maximum absolute atomic E-state index is 12.6. The normalized spacial score (nSPS) is 11.0. The molecule has 0 unspecified atom stereocenters. The lowest BCUT2D eigenvalue weighted by Crippen LogP contribution is -2.15. The molecule has 7 heteroatoms. The number of hydrogen-bond acceptors (Lipinski definition) is 4. The van der Waals surface area contributed by atoms with Gasteiger partial charge < -0.3 is 5.32 Å². The van der Waals surface area contributed by atoms with Gasteiger partial charge >= 0.3 is 0 Å². The first kappa shape index (κ1) is 22.2. The summed E-state index contributed by atoms with van der Waals surface area (Å²) in [6, 6.07) is 13.8. The Bertz CT molecular complexity index is 1290. The van der Waals surface area contributed by atoms with Crippen molar-refractivity contribution in [1.82, 2.24) is 14.8 Å². The topological polar surface area (TPSA) is 59.8 Å². The number of benzene rings is 2. The van der Waals surface area contributed by atoms with Crippen molar-refractivity contribution in [3.05, 3.63) is 92.2 Å². The summed E-state index contributed by atoms with van der Waals surface area (Å²) in [6.07, 6.45) is 0.934. The molecule has 0 saturated heterocycles. The summed E-state index contributed by atoms with van der Waals surface area (Å²) in [6.45, 7) is 8.09. The predicted octanol–water partition coefficient (Wildman–Crippen LogP) is 5.99. The van der Waals surface area contributed by atoms with E-state index in [0.29, 0.717) is 6.42 Å². The van der Waals surface area contributed by atoms with Crippen LogP contribution in [0, 0.1) is 27.7 Å². The van der Waals surface area contributed by atoms with Gasteiger partial charge in [-0.15, -0.1) is 11.3 Å². The van der Waals surface area contributed by atoms with Crippen LogP contribution in [0.4, 0.5) is 5.69 Å². The molecule has 0 aliphatic carbocycles. The van der Waals surface area contributed by atoms with E-state index in [2.05, 4.69) is 10.3 Å². The van der Waals surface area contributed by atoms with E-state index in [1.54, 1.807) is 0 Å². The molecule has 0 saturated carbocycles. The lowest BCUT2D eigenvalue weighted by molar-refractivity contribution is -0.115. The summed E-state index contributed by atoms with van der Waals surface area (Å²) in [5, 5.41) is 11.1. The molecule has 0 spiro atoms. The second kappa shape index (κ2) is 9.27. The van der Waals surface area contributed by atoms with Crippen molar-refractivity contribution < 1.29 is 4.79 Å². The summed E-state index contributed by atoms with van der Waals surface area (Å²) in [7, 11) is 0. The van der Waals surface area contributed by atoms with Crippen molar-refractivity contribution in [2.45, 2.75) is 40.5 Å². The molecule has 5 nitrogen and oxygen atoms in total. The Balaban J connectivity index is 1.50. The number of thiazole rings is 1. The summed E-state index contributed by atoms with van der Waals surface area (Å²) in [5.41, 5.74) is 7.99. The van der Waals surface area contributed by atoms with E-state index in [4.69, 9.17) is 16.7 Å². The van der Waals surface area contributed by atoms with E-state index >= 15 is 0 Å². The van der Waals surface area contributed by atoms with Gasteiger partial charge in [0, 0.05) is 33.8 Å². The van der Waals surface area contributed by atoms with Crippen LogP contribution in [0.1, 0.15) is 39.3 Å². The highest BCUT2D eigenvalue weighted by atomic mass is 35.5. The smallest absolute Gasteiger partial charge is 0.230 e. The standard InChI is InChI=1S/C25H25ClN4OS/c1-15-8-7-11-23(16(15)2)28-24(31)13-20-14-32-25(27-20)30-18(4)21(17(3)29-30)12-19-9-5-6-10-22(19)26/h5-11,14H,12-13H2,1-4H3,(H,28,31). The third-order valence-electron chi connectivity index (χ3n) is 5.71. The zero-order valence-corrected chi connectivity index (χ0v) is 20.1. The zero-order valence-electron chi connectivity index (χ0n) is 18.6. The van der Waals surface area contributed by atoms with E-state index in [1.807, 2.05) is 80.2 Å². The molecule has 2 aromatic carbocycles. The lowest BCUT2D eigenvalue weighted by Gasteiger charge is -2.09. The molecule has 164 valence electrons. The van der Waals surface area contributed by atoms with Crippen LogP contribution in [-0.2, 0) is 17.6 Å². The third kappa shape index (κ3) is 4.61. The molecule has 0 aliphatic rings. The van der Waals surface area contributed by atoms with E-state index in [1.165, 1.54) is 11.3 Å². The van der Waals surface area contributed by atoms with Crippen LogP contribution in [-0.4, -0.2) is 20.7 Å². The minimum atomic E-state index is -0.0803. The van der Waals surface area contributed by atoms with Gasteiger partial charge in [-0.1, -0.05) is 41.9 Å². The van der Waals surface area contributed by atoms with Gasteiger partial charge in [-0.25, -0.2) is 9.67 Å². The van der Waals surface area contributed by atoms with Crippen LogP contribution in [0.25, 0.3) is 5.13 Å². The van der Waals surface area contributed by atoms with Crippen molar-refractivity contribution in [3.63, 3.8) is 0 Å². The van der Waals surface area contributed by atoms with Crippen LogP contribution < -0.4 is 5.32 Å². The first-order valence-corrected chi connectivity index (χ1v) is 11.7. The van der Waals surface area contributed by atoms with Gasteiger partial charge in [0.15, 0.2) is 0 Å². The van der Waals surface area contributed by atoms with Crippen molar-refractivity contribution in [2.75, 3.05) is 5.32 Å². The van der Waals surface area contributed by atoms with Crippen LogP contribution in [0.3, 0.4) is 0 Å². The fourth-order valence-corrected chi connectivity index (χ4v) is 4.70. The molecule has 2 heterocycles. The Labute approximate surface area is 197 Å². The first-order valence-electron chi connectivity index (χ1n) is 10.4. The van der Waals surface area contributed by atoms with Gasteiger partial charge in [-0.2, -0.15) is 5.10 Å². The van der Waals surface area contributed by atoms with Crippen molar-refractivity contribution in [3.8, 4) is 5.13 Å². The van der Waals surface area contributed by atoms with Crippen LogP contribution >= 0.6 is 22.9 Å². The number of nitrogens with one attached hydrogen (secondary N) is 1.